The second kappa shape index (κ2) is 9.32. The molecule has 3 aromatic rings. The van der Waals surface area contributed by atoms with Crippen LogP contribution in [0.3, 0.4) is 0 Å². The van der Waals surface area contributed by atoms with Crippen LogP contribution in [0.4, 0.5) is 13.2 Å². The van der Waals surface area contributed by atoms with Gasteiger partial charge in [-0.1, -0.05) is 25.1 Å². The first-order valence-electron chi connectivity index (χ1n) is 9.57. The van der Waals surface area contributed by atoms with Gasteiger partial charge >= 0.3 is 6.18 Å². The number of carbonyl (C=O) groups is 2. The fourth-order valence-electron chi connectivity index (χ4n) is 3.10. The van der Waals surface area contributed by atoms with Crippen molar-refractivity contribution in [3.63, 3.8) is 0 Å². The molecule has 32 heavy (non-hydrogen) atoms. The number of rotatable bonds is 6. The molecular weight excluding hydrogens is 439 g/mol. The van der Waals surface area contributed by atoms with Crippen molar-refractivity contribution in [2.45, 2.75) is 26.1 Å². The summed E-state index contributed by atoms with van der Waals surface area (Å²) in [6.45, 7) is 3.14. The van der Waals surface area contributed by atoms with Crippen LogP contribution < -0.4 is 5.32 Å². The van der Waals surface area contributed by atoms with Gasteiger partial charge in [0.1, 0.15) is 0 Å². The van der Waals surface area contributed by atoms with Crippen LogP contribution in [0.2, 0.25) is 0 Å². The van der Waals surface area contributed by atoms with Crippen molar-refractivity contribution in [1.29, 1.82) is 5.26 Å². The molecule has 1 aromatic heterocycles. The van der Waals surface area contributed by atoms with Gasteiger partial charge in [0, 0.05) is 28.5 Å². The van der Waals surface area contributed by atoms with E-state index in [1.165, 1.54) is 41.7 Å². The highest BCUT2D eigenvalue weighted by atomic mass is 32.1. The Bertz CT molecular complexity index is 1170. The molecule has 9 heteroatoms. The lowest BCUT2D eigenvalue weighted by molar-refractivity contribution is -0.137. The Balaban J connectivity index is 1.84. The number of nitrogens with one attached hydrogen (secondary N) is 1. The second-order valence-corrected chi connectivity index (χ2v) is 7.95. The molecule has 2 unspecified atom stereocenters. The number of ketones is 1. The van der Waals surface area contributed by atoms with E-state index in [9.17, 15) is 22.8 Å². The number of hydrogen-bond donors (Lipinski definition) is 1. The first-order valence-corrected chi connectivity index (χ1v) is 10.5. The van der Waals surface area contributed by atoms with Gasteiger partial charge in [0.2, 0.25) is 0 Å². The predicted molar refractivity (Wildman–Crippen MR) is 114 cm³/mol. The van der Waals surface area contributed by atoms with Gasteiger partial charge in [0.05, 0.1) is 34.0 Å². The van der Waals surface area contributed by atoms with E-state index < -0.39 is 35.2 Å². The molecule has 0 bridgehead atoms. The Kier molecular flexibility index (Phi) is 6.75. The Morgan fingerprint density at radius 1 is 1.12 bits per heavy atom. The third-order valence-corrected chi connectivity index (χ3v) is 5.70. The zero-order valence-electron chi connectivity index (χ0n) is 17.1. The van der Waals surface area contributed by atoms with Crippen LogP contribution in [-0.4, -0.2) is 22.7 Å². The summed E-state index contributed by atoms with van der Waals surface area (Å²) in [6, 6.07) is 10.5. The molecule has 0 aliphatic heterocycles. The summed E-state index contributed by atoms with van der Waals surface area (Å²) < 4.78 is 40.6. The van der Waals surface area contributed by atoms with Crippen LogP contribution in [0.15, 0.2) is 53.4 Å². The average molecular weight is 457 g/mol. The number of carbonyl (C=O) groups excluding carboxylic acids is 2. The number of nitrogens with zero attached hydrogens (tertiary/aromatic N) is 2. The Labute approximate surface area is 186 Å². The Hall–Kier alpha value is -3.51. The SMILES string of the molecule is CC(NC(=O)c1cc(-c2cscn2)ccc1C(F)(F)F)C(C)C(=O)c1ccc(C#N)cc1. The summed E-state index contributed by atoms with van der Waals surface area (Å²) in [5, 5.41) is 13.1. The van der Waals surface area contributed by atoms with E-state index in [0.717, 1.165) is 12.1 Å². The monoisotopic (exact) mass is 457 g/mol. The zero-order valence-corrected chi connectivity index (χ0v) is 17.9. The van der Waals surface area contributed by atoms with E-state index in [1.54, 1.807) is 24.7 Å². The van der Waals surface area contributed by atoms with Crippen molar-refractivity contribution < 1.29 is 22.8 Å². The highest BCUT2D eigenvalue weighted by molar-refractivity contribution is 7.07. The van der Waals surface area contributed by atoms with Crippen molar-refractivity contribution in [2.75, 3.05) is 0 Å². The van der Waals surface area contributed by atoms with Crippen molar-refractivity contribution in [2.24, 2.45) is 5.92 Å². The number of alkyl halides is 3. The zero-order chi connectivity index (χ0) is 23.5. The van der Waals surface area contributed by atoms with Gasteiger partial charge < -0.3 is 5.32 Å². The molecule has 2 aromatic carbocycles. The van der Waals surface area contributed by atoms with E-state index in [1.807, 2.05) is 6.07 Å². The molecule has 2 atom stereocenters. The van der Waals surface area contributed by atoms with Gasteiger partial charge in [-0.3, -0.25) is 9.59 Å². The molecule has 5 nitrogen and oxygen atoms in total. The second-order valence-electron chi connectivity index (χ2n) is 7.24. The van der Waals surface area contributed by atoms with Crippen LogP contribution in [0.5, 0.6) is 0 Å². The van der Waals surface area contributed by atoms with Gasteiger partial charge in [-0.15, -0.1) is 11.3 Å². The van der Waals surface area contributed by atoms with Crippen LogP contribution in [0.1, 0.15) is 45.7 Å². The van der Waals surface area contributed by atoms with Crippen molar-refractivity contribution >= 4 is 23.0 Å². The summed E-state index contributed by atoms with van der Waals surface area (Å²) in [7, 11) is 0. The quantitative estimate of drug-likeness (QED) is 0.507. The maximum absolute atomic E-state index is 13.5. The van der Waals surface area contributed by atoms with Crippen LogP contribution in [0.25, 0.3) is 11.3 Å². The summed E-state index contributed by atoms with van der Waals surface area (Å²) in [5.41, 5.74) is 1.55. The highest BCUT2D eigenvalue weighted by Gasteiger charge is 2.36. The molecular formula is C23H18F3N3O2S. The minimum Gasteiger partial charge on any atom is -0.349 e. The number of Topliss-reactive ketones (excluding diaryl/α,β-unsaturated/α-hetero) is 1. The van der Waals surface area contributed by atoms with Crippen molar-refractivity contribution in [3.8, 4) is 17.3 Å². The summed E-state index contributed by atoms with van der Waals surface area (Å²) in [5.74, 6) is -1.93. The molecule has 0 aliphatic carbocycles. The van der Waals surface area contributed by atoms with E-state index >= 15 is 0 Å². The fourth-order valence-corrected chi connectivity index (χ4v) is 3.66. The molecule has 0 aliphatic rings. The van der Waals surface area contributed by atoms with Crippen LogP contribution >= 0.6 is 11.3 Å². The first kappa shape index (κ1) is 23.2. The molecule has 1 amide bonds. The van der Waals surface area contributed by atoms with Crippen LogP contribution in [0, 0.1) is 17.2 Å². The minimum absolute atomic E-state index is 0.297. The molecule has 0 saturated heterocycles. The smallest absolute Gasteiger partial charge is 0.349 e. The van der Waals surface area contributed by atoms with Gasteiger partial charge in [-0.2, -0.15) is 18.4 Å². The van der Waals surface area contributed by atoms with Gasteiger partial charge in [-0.05, 0) is 31.2 Å². The number of benzene rings is 2. The minimum atomic E-state index is -4.72. The van der Waals surface area contributed by atoms with Gasteiger partial charge in [0.25, 0.3) is 5.91 Å². The largest absolute Gasteiger partial charge is 0.417 e. The third-order valence-electron chi connectivity index (χ3n) is 5.12. The van der Waals surface area contributed by atoms with Crippen molar-refractivity contribution in [1.82, 2.24) is 10.3 Å². The number of halogens is 3. The van der Waals surface area contributed by atoms with Gasteiger partial charge in [-0.25, -0.2) is 4.98 Å². The first-order chi connectivity index (χ1) is 15.1. The number of aromatic nitrogens is 1. The Morgan fingerprint density at radius 2 is 1.81 bits per heavy atom. The lowest BCUT2D eigenvalue weighted by Gasteiger charge is -2.22. The molecule has 3 rings (SSSR count). The van der Waals surface area contributed by atoms with E-state index in [4.69, 9.17) is 5.26 Å². The van der Waals surface area contributed by atoms with E-state index in [2.05, 4.69) is 10.3 Å². The lowest BCUT2D eigenvalue weighted by atomic mass is 9.92. The van der Waals surface area contributed by atoms with E-state index in [-0.39, 0.29) is 5.78 Å². The number of thiazole rings is 1. The molecule has 1 heterocycles. The molecule has 0 radical (unpaired) electrons. The number of hydrogen-bond acceptors (Lipinski definition) is 5. The Morgan fingerprint density at radius 3 is 2.38 bits per heavy atom. The molecule has 0 fully saturated rings. The summed E-state index contributed by atoms with van der Waals surface area (Å²) in [6.07, 6.45) is -4.72. The maximum atomic E-state index is 13.5. The molecule has 164 valence electrons. The molecule has 0 saturated carbocycles. The molecule has 0 spiro atoms. The highest BCUT2D eigenvalue weighted by Crippen LogP contribution is 2.34. The number of nitriles is 1. The maximum Gasteiger partial charge on any atom is 0.417 e. The van der Waals surface area contributed by atoms with Crippen LogP contribution in [-0.2, 0) is 6.18 Å². The topological polar surface area (TPSA) is 82.8 Å². The third kappa shape index (κ3) is 5.03. The van der Waals surface area contributed by atoms with E-state index in [0.29, 0.717) is 22.4 Å². The average Bonchev–Trinajstić information content (AvgIpc) is 3.32. The normalized spacial score (nSPS) is 13.1. The fraction of sp³-hybridized carbons (Fsp3) is 0.217. The van der Waals surface area contributed by atoms with Gasteiger partial charge in [0.15, 0.2) is 5.78 Å². The summed E-state index contributed by atoms with van der Waals surface area (Å²) in [4.78, 5) is 29.6. The molecule has 1 N–H and O–H groups in total. The predicted octanol–water partition coefficient (Wildman–Crippen LogP) is 5.34. The lowest BCUT2D eigenvalue weighted by Crippen LogP contribution is -2.40. The standard InChI is InChI=1S/C23H18F3N3O2S/c1-13(21(30)16-5-3-15(10-27)4-6-16)14(2)29-22(31)18-9-17(20-11-32-12-28-20)7-8-19(18)23(24,25)26/h3-9,11-14H,1-2H3,(H,29,31). The van der Waals surface area contributed by atoms with Crippen molar-refractivity contribution in [3.05, 3.63) is 75.6 Å². The summed E-state index contributed by atoms with van der Waals surface area (Å²) >= 11 is 1.29. The number of amides is 1.